The summed E-state index contributed by atoms with van der Waals surface area (Å²) in [5, 5.41) is 3.42. The van der Waals surface area contributed by atoms with Crippen molar-refractivity contribution < 1.29 is 9.47 Å². The zero-order chi connectivity index (χ0) is 11.6. The van der Waals surface area contributed by atoms with E-state index in [-0.39, 0.29) is 0 Å². The first-order valence-corrected chi connectivity index (χ1v) is 6.72. The van der Waals surface area contributed by atoms with Gasteiger partial charge in [-0.05, 0) is 38.6 Å². The summed E-state index contributed by atoms with van der Waals surface area (Å²) < 4.78 is 11.1. The maximum atomic E-state index is 5.60. The number of nitrogens with one attached hydrogen (secondary N) is 1. The minimum atomic E-state index is 0.377. The van der Waals surface area contributed by atoms with Crippen molar-refractivity contribution in [1.29, 1.82) is 0 Å². The Morgan fingerprint density at radius 3 is 2.88 bits per heavy atom. The summed E-state index contributed by atoms with van der Waals surface area (Å²) in [5.74, 6) is 0. The number of hydrogen-bond donors (Lipinski definition) is 1. The smallest absolute Gasteiger partial charge is 0.0809 e. The highest BCUT2D eigenvalue weighted by molar-refractivity contribution is 4.63. The van der Waals surface area contributed by atoms with Crippen LogP contribution in [0.1, 0.15) is 46.0 Å². The van der Waals surface area contributed by atoms with Gasteiger partial charge in [0, 0.05) is 19.3 Å². The lowest BCUT2D eigenvalue weighted by Gasteiger charge is -2.10. The van der Waals surface area contributed by atoms with Crippen LogP contribution >= 0.6 is 0 Å². The van der Waals surface area contributed by atoms with Crippen LogP contribution in [0.15, 0.2) is 0 Å². The quantitative estimate of drug-likeness (QED) is 0.616. The van der Waals surface area contributed by atoms with Crippen molar-refractivity contribution in [2.45, 2.75) is 58.1 Å². The van der Waals surface area contributed by atoms with E-state index >= 15 is 0 Å². The van der Waals surface area contributed by atoms with E-state index in [0.717, 1.165) is 26.4 Å². The summed E-state index contributed by atoms with van der Waals surface area (Å²) in [6.45, 7) is 8.11. The maximum absolute atomic E-state index is 5.60. The molecule has 0 aromatic heterocycles. The molecule has 1 N–H and O–H groups in total. The molecule has 16 heavy (non-hydrogen) atoms. The highest BCUT2D eigenvalue weighted by atomic mass is 16.5. The van der Waals surface area contributed by atoms with E-state index in [4.69, 9.17) is 9.47 Å². The molecule has 0 aromatic carbocycles. The Labute approximate surface area is 99.9 Å². The van der Waals surface area contributed by atoms with E-state index < -0.39 is 0 Å². The molecule has 0 aliphatic carbocycles. The predicted octanol–water partition coefficient (Wildman–Crippen LogP) is 2.35. The lowest BCUT2D eigenvalue weighted by Crippen LogP contribution is -2.23. The van der Waals surface area contributed by atoms with Crippen LogP contribution in [0.2, 0.25) is 0 Å². The largest absolute Gasteiger partial charge is 0.379 e. The fourth-order valence-corrected chi connectivity index (χ4v) is 1.89. The van der Waals surface area contributed by atoms with Gasteiger partial charge in [0.15, 0.2) is 0 Å². The Bertz CT molecular complexity index is 156. The summed E-state index contributed by atoms with van der Waals surface area (Å²) in [4.78, 5) is 0. The van der Waals surface area contributed by atoms with Crippen LogP contribution in [0, 0.1) is 0 Å². The van der Waals surface area contributed by atoms with E-state index in [0.29, 0.717) is 12.1 Å². The van der Waals surface area contributed by atoms with Gasteiger partial charge in [0.1, 0.15) is 0 Å². The summed E-state index contributed by atoms with van der Waals surface area (Å²) in [5.41, 5.74) is 0. The molecule has 0 radical (unpaired) electrons. The number of rotatable bonds is 9. The lowest BCUT2D eigenvalue weighted by molar-refractivity contribution is 0.0161. The van der Waals surface area contributed by atoms with Crippen molar-refractivity contribution in [1.82, 2.24) is 5.32 Å². The zero-order valence-corrected chi connectivity index (χ0v) is 10.8. The van der Waals surface area contributed by atoms with Gasteiger partial charge in [0.05, 0.1) is 12.7 Å². The van der Waals surface area contributed by atoms with Gasteiger partial charge >= 0.3 is 0 Å². The maximum Gasteiger partial charge on any atom is 0.0809 e. The Hall–Kier alpha value is -0.120. The SMILES string of the molecule is CC(C)NCCCCCOCC1CCCO1. The topological polar surface area (TPSA) is 30.5 Å². The third kappa shape index (κ3) is 7.20. The second-order valence-corrected chi connectivity index (χ2v) is 4.88. The van der Waals surface area contributed by atoms with Gasteiger partial charge in [-0.2, -0.15) is 0 Å². The summed E-state index contributed by atoms with van der Waals surface area (Å²) in [7, 11) is 0. The highest BCUT2D eigenvalue weighted by Crippen LogP contribution is 2.12. The van der Waals surface area contributed by atoms with Crippen LogP contribution in [0.25, 0.3) is 0 Å². The van der Waals surface area contributed by atoms with Crippen molar-refractivity contribution in [3.8, 4) is 0 Å². The van der Waals surface area contributed by atoms with Crippen molar-refractivity contribution >= 4 is 0 Å². The number of unbranched alkanes of at least 4 members (excludes halogenated alkanes) is 2. The molecule has 1 atom stereocenters. The van der Waals surface area contributed by atoms with Gasteiger partial charge in [-0.1, -0.05) is 13.8 Å². The van der Waals surface area contributed by atoms with Gasteiger partial charge in [-0.3, -0.25) is 0 Å². The summed E-state index contributed by atoms with van der Waals surface area (Å²) >= 11 is 0. The molecular formula is C13H27NO2. The second-order valence-electron chi connectivity index (χ2n) is 4.88. The molecule has 1 unspecified atom stereocenters. The van der Waals surface area contributed by atoms with E-state index in [9.17, 15) is 0 Å². The average Bonchev–Trinajstić information content (AvgIpc) is 2.74. The summed E-state index contributed by atoms with van der Waals surface area (Å²) in [6, 6.07) is 0.607. The molecule has 1 aliphatic rings. The van der Waals surface area contributed by atoms with E-state index in [1.54, 1.807) is 0 Å². The van der Waals surface area contributed by atoms with Crippen LogP contribution in [-0.2, 0) is 9.47 Å². The molecule has 1 heterocycles. The normalized spacial score (nSPS) is 20.8. The van der Waals surface area contributed by atoms with E-state index in [2.05, 4.69) is 19.2 Å². The fourth-order valence-electron chi connectivity index (χ4n) is 1.89. The first-order chi connectivity index (χ1) is 7.79. The van der Waals surface area contributed by atoms with Gasteiger partial charge in [0.2, 0.25) is 0 Å². The van der Waals surface area contributed by atoms with Crippen molar-refractivity contribution in [3.63, 3.8) is 0 Å². The van der Waals surface area contributed by atoms with E-state index in [1.165, 1.54) is 32.1 Å². The highest BCUT2D eigenvalue weighted by Gasteiger charge is 2.14. The molecular weight excluding hydrogens is 202 g/mol. The monoisotopic (exact) mass is 229 g/mol. The van der Waals surface area contributed by atoms with Crippen LogP contribution in [0.4, 0.5) is 0 Å². The summed E-state index contributed by atoms with van der Waals surface area (Å²) in [6.07, 6.45) is 6.44. The van der Waals surface area contributed by atoms with Gasteiger partial charge in [-0.25, -0.2) is 0 Å². The Kier molecular flexibility index (Phi) is 7.81. The minimum absolute atomic E-state index is 0.377. The third-order valence-corrected chi connectivity index (χ3v) is 2.85. The molecule has 1 saturated heterocycles. The predicted molar refractivity (Wildman–Crippen MR) is 66.8 cm³/mol. The van der Waals surface area contributed by atoms with Crippen LogP contribution in [0.3, 0.4) is 0 Å². The molecule has 1 rings (SSSR count). The zero-order valence-electron chi connectivity index (χ0n) is 10.8. The molecule has 0 bridgehead atoms. The molecule has 0 spiro atoms. The Balaban J connectivity index is 1.74. The molecule has 0 amide bonds. The Morgan fingerprint density at radius 2 is 2.19 bits per heavy atom. The van der Waals surface area contributed by atoms with Gasteiger partial charge in [0.25, 0.3) is 0 Å². The van der Waals surface area contributed by atoms with Crippen LogP contribution in [0.5, 0.6) is 0 Å². The third-order valence-electron chi connectivity index (χ3n) is 2.85. The average molecular weight is 229 g/mol. The molecule has 0 saturated carbocycles. The molecule has 3 nitrogen and oxygen atoms in total. The van der Waals surface area contributed by atoms with Crippen molar-refractivity contribution in [2.75, 3.05) is 26.4 Å². The van der Waals surface area contributed by atoms with Gasteiger partial charge < -0.3 is 14.8 Å². The minimum Gasteiger partial charge on any atom is -0.379 e. The molecule has 96 valence electrons. The first-order valence-electron chi connectivity index (χ1n) is 6.72. The first kappa shape index (κ1) is 13.9. The van der Waals surface area contributed by atoms with Crippen molar-refractivity contribution in [2.24, 2.45) is 0 Å². The Morgan fingerprint density at radius 1 is 1.31 bits per heavy atom. The number of ether oxygens (including phenoxy) is 2. The van der Waals surface area contributed by atoms with Crippen LogP contribution in [-0.4, -0.2) is 38.5 Å². The molecule has 1 aliphatic heterocycles. The molecule has 0 aromatic rings. The standard InChI is InChI=1S/C13H27NO2/c1-12(2)14-8-4-3-5-9-15-11-13-7-6-10-16-13/h12-14H,3-11H2,1-2H3. The van der Waals surface area contributed by atoms with Crippen LogP contribution < -0.4 is 5.32 Å². The number of hydrogen-bond acceptors (Lipinski definition) is 3. The second kappa shape index (κ2) is 8.97. The van der Waals surface area contributed by atoms with Gasteiger partial charge in [-0.15, -0.1) is 0 Å². The van der Waals surface area contributed by atoms with E-state index in [1.807, 2.05) is 0 Å². The molecule has 1 fully saturated rings. The van der Waals surface area contributed by atoms with Crippen molar-refractivity contribution in [3.05, 3.63) is 0 Å². The molecule has 3 heteroatoms. The lowest BCUT2D eigenvalue weighted by atomic mass is 10.2. The fraction of sp³-hybridized carbons (Fsp3) is 1.00.